The van der Waals surface area contributed by atoms with Gasteiger partial charge in [0.25, 0.3) is 0 Å². The van der Waals surface area contributed by atoms with Gasteiger partial charge < -0.3 is 10.6 Å². The monoisotopic (exact) mass is 280 g/mol. The fourth-order valence-corrected chi connectivity index (χ4v) is 3.16. The minimum Gasteiger partial charge on any atom is -0.340 e. The van der Waals surface area contributed by atoms with Gasteiger partial charge in [-0.15, -0.1) is 0 Å². The van der Waals surface area contributed by atoms with Gasteiger partial charge in [-0.3, -0.25) is 0 Å². The zero-order valence-corrected chi connectivity index (χ0v) is 10.8. The molecule has 2 N–H and O–H groups in total. The molecule has 18 heavy (non-hydrogen) atoms. The maximum atomic E-state index is 12.5. The quantitative estimate of drug-likeness (QED) is 0.903. The summed E-state index contributed by atoms with van der Waals surface area (Å²) in [7, 11) is 0. The summed E-state index contributed by atoms with van der Waals surface area (Å²) in [5.74, 6) is -1.06. The van der Waals surface area contributed by atoms with Gasteiger partial charge in [-0.05, 0) is 26.2 Å². The maximum Gasteiger partial charge on any atom is 0.452 e. The van der Waals surface area contributed by atoms with E-state index in [1.807, 2.05) is 11.8 Å². The summed E-state index contributed by atoms with van der Waals surface area (Å²) in [6.45, 7) is 2.40. The van der Waals surface area contributed by atoms with Crippen LogP contribution in [0.1, 0.15) is 32.0 Å². The molecule has 102 valence electrons. The Morgan fingerprint density at radius 2 is 2.17 bits per heavy atom. The Morgan fingerprint density at radius 1 is 1.44 bits per heavy atom. The van der Waals surface area contributed by atoms with Crippen molar-refractivity contribution in [3.63, 3.8) is 0 Å². The molecule has 0 amide bonds. The second kappa shape index (κ2) is 5.00. The van der Waals surface area contributed by atoms with E-state index in [2.05, 4.69) is 9.36 Å². The van der Waals surface area contributed by atoms with Crippen molar-refractivity contribution < 1.29 is 13.2 Å². The average molecular weight is 280 g/mol. The van der Waals surface area contributed by atoms with Gasteiger partial charge in [0.05, 0.1) is 0 Å². The number of nitrogens with two attached hydrogens (primary N) is 1. The third-order valence-electron chi connectivity index (χ3n) is 3.19. The lowest BCUT2D eigenvalue weighted by molar-refractivity contribution is -0.144. The van der Waals surface area contributed by atoms with Crippen LogP contribution in [0, 0.1) is 0 Å². The fourth-order valence-electron chi connectivity index (χ4n) is 2.30. The number of aromatic nitrogens is 2. The van der Waals surface area contributed by atoms with Gasteiger partial charge >= 0.3 is 6.18 Å². The third-order valence-corrected chi connectivity index (χ3v) is 3.92. The first kappa shape index (κ1) is 13.5. The van der Waals surface area contributed by atoms with Crippen molar-refractivity contribution in [2.24, 2.45) is 5.73 Å². The van der Waals surface area contributed by atoms with E-state index in [1.165, 1.54) is 0 Å². The number of nitrogens with zero attached hydrogens (tertiary/aromatic N) is 3. The molecule has 2 rings (SSSR count). The number of anilines is 1. The van der Waals surface area contributed by atoms with E-state index in [0.29, 0.717) is 11.7 Å². The van der Waals surface area contributed by atoms with Crippen LogP contribution < -0.4 is 10.6 Å². The number of halogens is 3. The summed E-state index contributed by atoms with van der Waals surface area (Å²) in [6, 6.07) is 0.212. The Kier molecular flexibility index (Phi) is 3.76. The molecule has 1 aliphatic rings. The van der Waals surface area contributed by atoms with Crippen LogP contribution in [0.3, 0.4) is 0 Å². The molecule has 8 heteroatoms. The lowest BCUT2D eigenvalue weighted by atomic mass is 9.97. The first-order chi connectivity index (χ1) is 8.43. The van der Waals surface area contributed by atoms with Gasteiger partial charge in [0.2, 0.25) is 11.0 Å². The molecule has 0 saturated carbocycles. The molecule has 0 radical (unpaired) electrons. The molecular weight excluding hydrogens is 265 g/mol. The predicted octanol–water partition coefficient (Wildman–Crippen LogP) is 2.26. The van der Waals surface area contributed by atoms with Gasteiger partial charge in [0, 0.05) is 30.2 Å². The summed E-state index contributed by atoms with van der Waals surface area (Å²) in [5, 5.41) is 0.324. The number of hydrogen-bond donors (Lipinski definition) is 1. The molecule has 2 heterocycles. The van der Waals surface area contributed by atoms with Gasteiger partial charge in [-0.2, -0.15) is 22.5 Å². The molecule has 1 aromatic heterocycles. The summed E-state index contributed by atoms with van der Waals surface area (Å²) < 4.78 is 40.8. The Balaban J connectivity index is 2.25. The zero-order valence-electron chi connectivity index (χ0n) is 9.94. The predicted molar refractivity (Wildman–Crippen MR) is 63.5 cm³/mol. The Hall–Kier alpha value is -0.890. The topological polar surface area (TPSA) is 55.0 Å². The smallest absolute Gasteiger partial charge is 0.340 e. The van der Waals surface area contributed by atoms with Crippen LogP contribution >= 0.6 is 11.5 Å². The SMILES string of the molecule is CC1CCCC(CN)N1c1nc(C(F)(F)F)ns1. The molecule has 2 atom stereocenters. The van der Waals surface area contributed by atoms with Crippen LogP contribution in [0.2, 0.25) is 0 Å². The molecule has 1 aliphatic heterocycles. The van der Waals surface area contributed by atoms with Crippen LogP contribution in [0.4, 0.5) is 18.3 Å². The fraction of sp³-hybridized carbons (Fsp3) is 0.800. The first-order valence-electron chi connectivity index (χ1n) is 5.82. The largest absolute Gasteiger partial charge is 0.452 e. The second-order valence-corrected chi connectivity index (χ2v) is 5.21. The molecule has 0 spiro atoms. The Bertz CT molecular complexity index is 406. The van der Waals surface area contributed by atoms with Crippen molar-refractivity contribution in [1.82, 2.24) is 9.36 Å². The van der Waals surface area contributed by atoms with Crippen LogP contribution in [0.5, 0.6) is 0 Å². The summed E-state index contributed by atoms with van der Waals surface area (Å²) in [4.78, 5) is 5.49. The minimum absolute atomic E-state index is 0.0581. The number of alkyl halides is 3. The minimum atomic E-state index is -4.48. The van der Waals surface area contributed by atoms with E-state index in [-0.39, 0.29) is 12.1 Å². The van der Waals surface area contributed by atoms with Crippen molar-refractivity contribution in [3.05, 3.63) is 5.82 Å². The second-order valence-electron chi connectivity index (χ2n) is 4.48. The van der Waals surface area contributed by atoms with Gasteiger partial charge in [0.1, 0.15) is 0 Å². The Morgan fingerprint density at radius 3 is 2.72 bits per heavy atom. The van der Waals surface area contributed by atoms with E-state index < -0.39 is 12.0 Å². The van der Waals surface area contributed by atoms with E-state index in [0.717, 1.165) is 30.8 Å². The van der Waals surface area contributed by atoms with Crippen LogP contribution in [-0.4, -0.2) is 28.0 Å². The molecule has 0 aromatic carbocycles. The lowest BCUT2D eigenvalue weighted by Crippen LogP contribution is -2.49. The third kappa shape index (κ3) is 2.59. The van der Waals surface area contributed by atoms with Crippen LogP contribution in [-0.2, 0) is 6.18 Å². The van der Waals surface area contributed by atoms with Crippen molar-refractivity contribution >= 4 is 16.7 Å². The highest BCUT2D eigenvalue weighted by Crippen LogP contribution is 2.34. The maximum absolute atomic E-state index is 12.5. The van der Waals surface area contributed by atoms with E-state index >= 15 is 0 Å². The molecule has 2 unspecified atom stereocenters. The van der Waals surface area contributed by atoms with Gasteiger partial charge in [0.15, 0.2) is 0 Å². The highest BCUT2D eigenvalue weighted by molar-refractivity contribution is 7.09. The van der Waals surface area contributed by atoms with Crippen molar-refractivity contribution in [2.45, 2.75) is 44.4 Å². The van der Waals surface area contributed by atoms with E-state index in [1.54, 1.807) is 0 Å². The molecule has 1 saturated heterocycles. The zero-order chi connectivity index (χ0) is 13.3. The van der Waals surface area contributed by atoms with Gasteiger partial charge in [-0.25, -0.2) is 0 Å². The van der Waals surface area contributed by atoms with Crippen molar-refractivity contribution in [1.29, 1.82) is 0 Å². The molecular formula is C10H15F3N4S. The summed E-state index contributed by atoms with van der Waals surface area (Å²) in [6.07, 6.45) is -1.60. The summed E-state index contributed by atoms with van der Waals surface area (Å²) in [5.41, 5.74) is 5.68. The average Bonchev–Trinajstić information content (AvgIpc) is 2.77. The van der Waals surface area contributed by atoms with Crippen LogP contribution in [0.25, 0.3) is 0 Å². The lowest BCUT2D eigenvalue weighted by Gasteiger charge is -2.39. The van der Waals surface area contributed by atoms with Crippen molar-refractivity contribution in [2.75, 3.05) is 11.4 Å². The van der Waals surface area contributed by atoms with E-state index in [9.17, 15) is 13.2 Å². The Labute approximate surface area is 107 Å². The highest BCUT2D eigenvalue weighted by atomic mass is 32.1. The first-order valence-corrected chi connectivity index (χ1v) is 6.60. The van der Waals surface area contributed by atoms with E-state index in [4.69, 9.17) is 5.73 Å². The normalized spacial score (nSPS) is 25.5. The standard InChI is InChI=1S/C10H15F3N4S/c1-6-3-2-4-7(5-14)17(6)9-15-8(16-18-9)10(11,12)13/h6-7H,2-5,14H2,1H3. The molecule has 4 nitrogen and oxygen atoms in total. The molecule has 0 aliphatic carbocycles. The summed E-state index contributed by atoms with van der Waals surface area (Å²) >= 11 is 0.795. The molecule has 1 aromatic rings. The van der Waals surface area contributed by atoms with Gasteiger partial charge in [-0.1, -0.05) is 0 Å². The van der Waals surface area contributed by atoms with Crippen molar-refractivity contribution in [3.8, 4) is 0 Å². The number of piperidine rings is 1. The number of rotatable bonds is 2. The molecule has 1 fully saturated rings. The molecule has 0 bridgehead atoms. The highest BCUT2D eigenvalue weighted by Gasteiger charge is 2.38. The van der Waals surface area contributed by atoms with Crippen LogP contribution in [0.15, 0.2) is 0 Å². The number of hydrogen-bond acceptors (Lipinski definition) is 5.